The topological polar surface area (TPSA) is 9.23 Å². The highest BCUT2D eigenvalue weighted by Crippen LogP contribution is 2.33. The maximum absolute atomic E-state index is 5.79. The van der Waals surface area contributed by atoms with Gasteiger partial charge in [-0.15, -0.1) is 0 Å². The molecule has 2 aromatic carbocycles. The van der Waals surface area contributed by atoms with Crippen LogP contribution in [0.25, 0.3) is 0 Å². The lowest BCUT2D eigenvalue weighted by Gasteiger charge is -2.21. The van der Waals surface area contributed by atoms with Crippen molar-refractivity contribution in [3.63, 3.8) is 0 Å². The molecular formula is C18H17OS. The molecule has 0 saturated heterocycles. The van der Waals surface area contributed by atoms with E-state index in [1.807, 2.05) is 18.2 Å². The number of hydrogen-bond acceptors (Lipinski definition) is 2. The first-order valence-corrected chi connectivity index (χ1v) is 7.29. The number of thiol groups is 1. The van der Waals surface area contributed by atoms with Crippen molar-refractivity contribution in [2.24, 2.45) is 0 Å². The summed E-state index contributed by atoms with van der Waals surface area (Å²) in [5.74, 6) is 0. The summed E-state index contributed by atoms with van der Waals surface area (Å²) in [5, 5.41) is 0.159. The zero-order valence-electron chi connectivity index (χ0n) is 11.2. The van der Waals surface area contributed by atoms with Crippen LogP contribution in [-0.4, -0.2) is 6.61 Å². The highest BCUT2D eigenvalue weighted by Gasteiger charge is 2.17. The van der Waals surface area contributed by atoms with Gasteiger partial charge >= 0.3 is 0 Å². The molecule has 2 heteroatoms. The van der Waals surface area contributed by atoms with Crippen molar-refractivity contribution in [1.82, 2.24) is 0 Å². The van der Waals surface area contributed by atoms with Crippen LogP contribution in [0.5, 0.6) is 0 Å². The van der Waals surface area contributed by atoms with Crippen molar-refractivity contribution in [3.05, 3.63) is 89.4 Å². The van der Waals surface area contributed by atoms with E-state index in [0.717, 1.165) is 0 Å². The third kappa shape index (κ3) is 3.14. The summed E-state index contributed by atoms with van der Waals surface area (Å²) in [5.41, 5.74) is 4.90. The SMILES string of the molecule is S[C@@H]1C=C(COCc2ccccc2)[CH]c2ccccc21. The number of ether oxygens (including phenoxy) is 1. The zero-order valence-corrected chi connectivity index (χ0v) is 12.1. The summed E-state index contributed by atoms with van der Waals surface area (Å²) in [6.07, 6.45) is 4.35. The minimum absolute atomic E-state index is 0.159. The average Bonchev–Trinajstić information content (AvgIpc) is 2.48. The summed E-state index contributed by atoms with van der Waals surface area (Å²) < 4.78 is 5.79. The molecule has 0 unspecified atom stereocenters. The van der Waals surface area contributed by atoms with Crippen molar-refractivity contribution in [3.8, 4) is 0 Å². The summed E-state index contributed by atoms with van der Waals surface area (Å²) in [4.78, 5) is 0. The molecule has 101 valence electrons. The molecule has 0 saturated carbocycles. The van der Waals surface area contributed by atoms with E-state index in [0.29, 0.717) is 13.2 Å². The van der Waals surface area contributed by atoms with Crippen molar-refractivity contribution in [2.75, 3.05) is 6.61 Å². The highest BCUT2D eigenvalue weighted by molar-refractivity contribution is 7.80. The van der Waals surface area contributed by atoms with Gasteiger partial charge in [0.15, 0.2) is 0 Å². The van der Waals surface area contributed by atoms with Crippen LogP contribution in [0.2, 0.25) is 0 Å². The summed E-state index contributed by atoms with van der Waals surface area (Å²) in [7, 11) is 0. The molecule has 0 heterocycles. The standard InChI is InChI=1S/C18H17OS/c20-18-11-15(10-16-8-4-5-9-17(16)18)13-19-12-14-6-2-1-3-7-14/h1-11,18,20H,12-13H2/t18-/m1/s1. The third-order valence-electron chi connectivity index (χ3n) is 3.41. The Morgan fingerprint density at radius 1 is 0.900 bits per heavy atom. The molecule has 0 spiro atoms. The molecule has 1 nitrogen and oxygen atoms in total. The van der Waals surface area contributed by atoms with Gasteiger partial charge in [-0.05, 0) is 22.3 Å². The van der Waals surface area contributed by atoms with Crippen LogP contribution in [0.4, 0.5) is 0 Å². The number of fused-ring (bicyclic) bond motifs is 1. The molecule has 0 aromatic heterocycles. The molecule has 1 atom stereocenters. The van der Waals surface area contributed by atoms with Gasteiger partial charge < -0.3 is 4.74 Å². The second-order valence-corrected chi connectivity index (χ2v) is 5.49. The minimum atomic E-state index is 0.159. The van der Waals surface area contributed by atoms with Gasteiger partial charge in [0.2, 0.25) is 0 Å². The van der Waals surface area contributed by atoms with E-state index in [-0.39, 0.29) is 5.25 Å². The van der Waals surface area contributed by atoms with Gasteiger partial charge in [-0.25, -0.2) is 0 Å². The number of benzene rings is 2. The van der Waals surface area contributed by atoms with Crippen LogP contribution in [0.1, 0.15) is 21.9 Å². The van der Waals surface area contributed by atoms with Crippen molar-refractivity contribution >= 4 is 12.6 Å². The molecule has 1 aliphatic rings. The van der Waals surface area contributed by atoms with E-state index in [9.17, 15) is 0 Å². The molecule has 1 aliphatic carbocycles. The van der Waals surface area contributed by atoms with Gasteiger partial charge in [-0.1, -0.05) is 60.7 Å². The van der Waals surface area contributed by atoms with E-state index in [4.69, 9.17) is 4.74 Å². The fourth-order valence-electron chi connectivity index (χ4n) is 2.40. The number of hydrogen-bond donors (Lipinski definition) is 1. The number of rotatable bonds is 4. The van der Waals surface area contributed by atoms with Crippen molar-refractivity contribution in [2.45, 2.75) is 11.9 Å². The van der Waals surface area contributed by atoms with Gasteiger partial charge in [0, 0.05) is 11.7 Å². The van der Waals surface area contributed by atoms with Gasteiger partial charge in [0.1, 0.15) is 0 Å². The predicted octanol–water partition coefficient (Wildman–Crippen LogP) is 4.37. The quantitative estimate of drug-likeness (QED) is 0.819. The van der Waals surface area contributed by atoms with Crippen LogP contribution >= 0.6 is 12.6 Å². The lowest BCUT2D eigenvalue weighted by Crippen LogP contribution is -2.08. The maximum Gasteiger partial charge on any atom is 0.0721 e. The Balaban J connectivity index is 1.60. The average molecular weight is 281 g/mol. The van der Waals surface area contributed by atoms with Crippen molar-refractivity contribution < 1.29 is 4.74 Å². The van der Waals surface area contributed by atoms with Gasteiger partial charge in [-0.2, -0.15) is 12.6 Å². The van der Waals surface area contributed by atoms with E-state index in [2.05, 4.69) is 61.5 Å². The predicted molar refractivity (Wildman–Crippen MR) is 85.8 cm³/mol. The Labute approximate surface area is 125 Å². The Bertz CT molecular complexity index is 604. The first-order chi connectivity index (χ1) is 9.83. The van der Waals surface area contributed by atoms with E-state index >= 15 is 0 Å². The molecule has 3 rings (SSSR count). The van der Waals surface area contributed by atoms with Gasteiger partial charge in [0.25, 0.3) is 0 Å². The lowest BCUT2D eigenvalue weighted by atomic mass is 9.91. The van der Waals surface area contributed by atoms with E-state index in [1.165, 1.54) is 22.3 Å². The molecule has 0 N–H and O–H groups in total. The van der Waals surface area contributed by atoms with Gasteiger partial charge in [0.05, 0.1) is 13.2 Å². The zero-order chi connectivity index (χ0) is 13.8. The largest absolute Gasteiger partial charge is 0.372 e. The highest BCUT2D eigenvalue weighted by atomic mass is 32.1. The second kappa shape index (κ2) is 6.29. The van der Waals surface area contributed by atoms with Crippen molar-refractivity contribution in [1.29, 1.82) is 0 Å². The van der Waals surface area contributed by atoms with Crippen LogP contribution in [-0.2, 0) is 11.3 Å². The summed E-state index contributed by atoms with van der Waals surface area (Å²) >= 11 is 4.64. The summed E-state index contributed by atoms with van der Waals surface area (Å²) in [6, 6.07) is 18.6. The monoisotopic (exact) mass is 281 g/mol. The third-order valence-corrected chi connectivity index (χ3v) is 3.84. The molecule has 20 heavy (non-hydrogen) atoms. The van der Waals surface area contributed by atoms with Crippen LogP contribution in [0, 0.1) is 6.42 Å². The Kier molecular flexibility index (Phi) is 4.24. The first kappa shape index (κ1) is 13.5. The van der Waals surface area contributed by atoms with Crippen LogP contribution < -0.4 is 0 Å². The molecule has 0 aliphatic heterocycles. The molecule has 0 amide bonds. The van der Waals surface area contributed by atoms with Crippen LogP contribution in [0.15, 0.2) is 66.2 Å². The Morgan fingerprint density at radius 2 is 1.65 bits per heavy atom. The second-order valence-electron chi connectivity index (χ2n) is 4.94. The smallest absolute Gasteiger partial charge is 0.0721 e. The fourth-order valence-corrected chi connectivity index (χ4v) is 2.83. The maximum atomic E-state index is 5.79. The lowest BCUT2D eigenvalue weighted by molar-refractivity contribution is 0.143. The first-order valence-electron chi connectivity index (χ1n) is 6.77. The fraction of sp³-hybridized carbons (Fsp3) is 0.167. The minimum Gasteiger partial charge on any atom is -0.372 e. The molecule has 0 bridgehead atoms. The molecule has 2 aromatic rings. The van der Waals surface area contributed by atoms with E-state index < -0.39 is 0 Å². The summed E-state index contributed by atoms with van der Waals surface area (Å²) in [6.45, 7) is 1.27. The molecule has 0 fully saturated rings. The normalized spacial score (nSPS) is 17.4. The molecule has 1 radical (unpaired) electrons. The van der Waals surface area contributed by atoms with Gasteiger partial charge in [-0.3, -0.25) is 0 Å². The van der Waals surface area contributed by atoms with E-state index in [1.54, 1.807) is 0 Å². The Hall–Kier alpha value is -1.51. The Morgan fingerprint density at radius 3 is 2.50 bits per heavy atom. The molecular weight excluding hydrogens is 264 g/mol. The van der Waals surface area contributed by atoms with Crippen LogP contribution in [0.3, 0.4) is 0 Å².